The number of carbonyl (C=O) groups excluding carboxylic acids is 1. The fraction of sp³-hybridized carbons (Fsp3) is 0.133. The van der Waals surface area contributed by atoms with Gasteiger partial charge in [-0.3, -0.25) is 4.79 Å². The Labute approximate surface area is 138 Å². The number of carbonyl (C=O) groups is 1. The Morgan fingerprint density at radius 1 is 1.25 bits per heavy atom. The molecule has 3 N–H and O–H groups in total. The topological polar surface area (TPSA) is 80.9 Å². The van der Waals surface area contributed by atoms with Crippen molar-refractivity contribution < 1.29 is 18.0 Å². The maximum absolute atomic E-state index is 13.0. The Morgan fingerprint density at radius 2 is 2.00 bits per heavy atom. The van der Waals surface area contributed by atoms with Crippen molar-refractivity contribution >= 4 is 38.4 Å². The Kier molecular flexibility index (Phi) is 3.88. The van der Waals surface area contributed by atoms with E-state index in [-0.39, 0.29) is 5.91 Å². The molecule has 1 amide bonds. The largest absolute Gasteiger partial charge is 0.419 e. The summed E-state index contributed by atoms with van der Waals surface area (Å²) in [7, 11) is 0. The lowest BCUT2D eigenvalue weighted by molar-refractivity contribution is -0.137. The zero-order chi connectivity index (χ0) is 17.5. The molecule has 0 saturated heterocycles. The van der Waals surface area contributed by atoms with Gasteiger partial charge in [-0.05, 0) is 23.8 Å². The molecule has 0 saturated carbocycles. The number of nitrogens with two attached hydrogens (primary N) is 1. The van der Waals surface area contributed by atoms with Crippen molar-refractivity contribution in [1.29, 1.82) is 0 Å². The van der Waals surface area contributed by atoms with Gasteiger partial charge < -0.3 is 11.1 Å². The number of pyridine rings is 1. The van der Waals surface area contributed by atoms with E-state index in [1.54, 1.807) is 18.2 Å². The van der Waals surface area contributed by atoms with Crippen molar-refractivity contribution in [3.8, 4) is 11.1 Å². The van der Waals surface area contributed by atoms with Crippen LogP contribution in [0.25, 0.3) is 21.3 Å². The average molecular weight is 352 g/mol. The van der Waals surface area contributed by atoms with E-state index < -0.39 is 17.6 Å². The van der Waals surface area contributed by atoms with Gasteiger partial charge in [0.05, 0.1) is 15.8 Å². The molecule has 2 heterocycles. The Balaban J connectivity index is 2.05. The first-order valence-corrected chi connectivity index (χ1v) is 7.57. The van der Waals surface area contributed by atoms with Crippen LogP contribution in [0.5, 0.6) is 0 Å². The summed E-state index contributed by atoms with van der Waals surface area (Å²) in [6.07, 6.45) is -3.28. The molecular formula is C15H11F3N4OS. The van der Waals surface area contributed by atoms with E-state index in [1.165, 1.54) is 24.5 Å². The predicted octanol–water partition coefficient (Wildman–Crippen LogP) is 3.92. The second-order valence-electron chi connectivity index (χ2n) is 5.04. The molecule has 0 atom stereocenters. The Bertz CT molecular complexity index is 936. The molecule has 0 fully saturated rings. The monoisotopic (exact) mass is 352 g/mol. The third-order valence-electron chi connectivity index (χ3n) is 3.23. The lowest BCUT2D eigenvalue weighted by Crippen LogP contribution is -2.10. The highest BCUT2D eigenvalue weighted by molar-refractivity contribution is 7.22. The molecule has 124 valence electrons. The van der Waals surface area contributed by atoms with Crippen LogP contribution in [0.4, 0.5) is 24.1 Å². The Hall–Kier alpha value is -2.68. The number of aromatic nitrogens is 2. The fourth-order valence-electron chi connectivity index (χ4n) is 2.17. The van der Waals surface area contributed by atoms with Crippen molar-refractivity contribution in [3.63, 3.8) is 0 Å². The number of nitrogen functional groups attached to an aromatic ring is 1. The summed E-state index contributed by atoms with van der Waals surface area (Å²) in [6, 6.07) is 5.99. The summed E-state index contributed by atoms with van der Waals surface area (Å²) in [4.78, 5) is 18.9. The molecule has 0 unspecified atom stereocenters. The minimum atomic E-state index is -4.57. The van der Waals surface area contributed by atoms with Crippen molar-refractivity contribution in [1.82, 2.24) is 9.97 Å². The van der Waals surface area contributed by atoms with Crippen LogP contribution in [0.3, 0.4) is 0 Å². The third-order valence-corrected chi connectivity index (χ3v) is 4.16. The van der Waals surface area contributed by atoms with Gasteiger partial charge in [0.1, 0.15) is 5.82 Å². The maximum Gasteiger partial charge on any atom is 0.419 e. The van der Waals surface area contributed by atoms with Crippen LogP contribution in [-0.4, -0.2) is 15.9 Å². The number of halogens is 3. The molecule has 0 radical (unpaired) electrons. The summed E-state index contributed by atoms with van der Waals surface area (Å²) in [5, 5.41) is 3.01. The van der Waals surface area contributed by atoms with Gasteiger partial charge in [-0.2, -0.15) is 13.2 Å². The van der Waals surface area contributed by atoms with Crippen LogP contribution in [0.1, 0.15) is 12.5 Å². The molecule has 24 heavy (non-hydrogen) atoms. The zero-order valence-electron chi connectivity index (χ0n) is 12.3. The van der Waals surface area contributed by atoms with Gasteiger partial charge in [0.2, 0.25) is 5.91 Å². The molecular weight excluding hydrogens is 341 g/mol. The number of benzene rings is 1. The van der Waals surface area contributed by atoms with Crippen LogP contribution >= 0.6 is 11.3 Å². The Morgan fingerprint density at radius 3 is 2.67 bits per heavy atom. The van der Waals surface area contributed by atoms with E-state index in [4.69, 9.17) is 5.73 Å². The first-order valence-electron chi connectivity index (χ1n) is 6.75. The number of nitrogens with zero attached hydrogens (tertiary/aromatic N) is 2. The number of fused-ring (bicyclic) bond motifs is 1. The van der Waals surface area contributed by atoms with Gasteiger partial charge in [0, 0.05) is 18.7 Å². The van der Waals surface area contributed by atoms with Gasteiger partial charge in [0.15, 0.2) is 5.13 Å². The van der Waals surface area contributed by atoms with Gasteiger partial charge in [0.25, 0.3) is 0 Å². The number of hydrogen-bond donors (Lipinski definition) is 2. The summed E-state index contributed by atoms with van der Waals surface area (Å²) in [6.45, 7) is 1.37. The van der Waals surface area contributed by atoms with Gasteiger partial charge in [-0.1, -0.05) is 17.4 Å². The highest BCUT2D eigenvalue weighted by atomic mass is 32.1. The maximum atomic E-state index is 13.0. The van der Waals surface area contributed by atoms with Crippen LogP contribution in [0.2, 0.25) is 0 Å². The summed E-state index contributed by atoms with van der Waals surface area (Å²) in [5.74, 6) is -0.801. The fourth-order valence-corrected chi connectivity index (χ4v) is 3.12. The highest BCUT2D eigenvalue weighted by Gasteiger charge is 2.34. The van der Waals surface area contributed by atoms with Crippen LogP contribution in [0, 0.1) is 0 Å². The second-order valence-corrected chi connectivity index (χ2v) is 6.07. The average Bonchev–Trinajstić information content (AvgIpc) is 2.86. The molecule has 0 aliphatic rings. The number of nitrogens with one attached hydrogen (secondary N) is 1. The van der Waals surface area contributed by atoms with Crippen molar-refractivity contribution in [2.24, 2.45) is 0 Å². The van der Waals surface area contributed by atoms with Crippen molar-refractivity contribution in [2.75, 3.05) is 11.1 Å². The lowest BCUT2D eigenvalue weighted by atomic mass is 10.1. The number of alkyl halides is 3. The third kappa shape index (κ3) is 3.16. The minimum absolute atomic E-state index is 0.244. The summed E-state index contributed by atoms with van der Waals surface area (Å²) < 4.78 is 39.6. The molecule has 1 aromatic carbocycles. The van der Waals surface area contributed by atoms with Crippen LogP contribution < -0.4 is 11.1 Å². The van der Waals surface area contributed by atoms with Gasteiger partial charge in [-0.15, -0.1) is 0 Å². The van der Waals surface area contributed by atoms with E-state index in [1.807, 2.05) is 0 Å². The van der Waals surface area contributed by atoms with E-state index in [2.05, 4.69) is 15.3 Å². The van der Waals surface area contributed by atoms with E-state index in [9.17, 15) is 18.0 Å². The van der Waals surface area contributed by atoms with Gasteiger partial charge in [-0.25, -0.2) is 9.97 Å². The molecule has 3 rings (SSSR count). The molecule has 9 heteroatoms. The number of anilines is 2. The first kappa shape index (κ1) is 16.2. The van der Waals surface area contributed by atoms with E-state index in [0.29, 0.717) is 21.8 Å². The molecule has 0 aliphatic carbocycles. The lowest BCUT2D eigenvalue weighted by Gasteiger charge is -2.11. The standard InChI is InChI=1S/C15H11F3N4OS/c1-7(23)21-14-22-11-3-2-8(5-12(11)24-14)9-4-10(15(16,17)18)13(19)20-6-9/h2-6H,1H3,(H2,19,20)(H,21,22,23). The SMILES string of the molecule is CC(=O)Nc1nc2ccc(-c3cnc(N)c(C(F)(F)F)c3)cc2s1. The second kappa shape index (κ2) is 5.75. The number of amides is 1. The van der Waals surface area contributed by atoms with E-state index in [0.717, 1.165) is 10.8 Å². The number of rotatable bonds is 2. The summed E-state index contributed by atoms with van der Waals surface area (Å²) >= 11 is 1.24. The minimum Gasteiger partial charge on any atom is -0.383 e. The van der Waals surface area contributed by atoms with E-state index >= 15 is 0 Å². The number of thiazole rings is 1. The predicted molar refractivity (Wildman–Crippen MR) is 86.6 cm³/mol. The molecule has 5 nitrogen and oxygen atoms in total. The normalized spacial score (nSPS) is 11.7. The zero-order valence-corrected chi connectivity index (χ0v) is 13.1. The molecule has 0 bridgehead atoms. The smallest absolute Gasteiger partial charge is 0.383 e. The first-order chi connectivity index (χ1) is 11.2. The van der Waals surface area contributed by atoms with Gasteiger partial charge >= 0.3 is 6.18 Å². The summed E-state index contributed by atoms with van der Waals surface area (Å²) in [5.41, 5.74) is 5.84. The molecule has 0 spiro atoms. The molecule has 2 aromatic heterocycles. The van der Waals surface area contributed by atoms with Crippen LogP contribution in [0.15, 0.2) is 30.5 Å². The van der Waals surface area contributed by atoms with Crippen molar-refractivity contribution in [3.05, 3.63) is 36.0 Å². The highest BCUT2D eigenvalue weighted by Crippen LogP contribution is 2.36. The quantitative estimate of drug-likeness (QED) is 0.732. The van der Waals surface area contributed by atoms with Crippen molar-refractivity contribution in [2.45, 2.75) is 13.1 Å². The molecule has 0 aliphatic heterocycles. The number of hydrogen-bond acceptors (Lipinski definition) is 5. The molecule has 3 aromatic rings. The van der Waals surface area contributed by atoms with Crippen LogP contribution in [-0.2, 0) is 11.0 Å².